The number of carbonyl (C=O) groups excluding carboxylic acids is 2. The van der Waals surface area contributed by atoms with Crippen LogP contribution >= 0.6 is 0 Å². The van der Waals surface area contributed by atoms with E-state index < -0.39 is 23.6 Å². The summed E-state index contributed by atoms with van der Waals surface area (Å²) in [6, 6.07) is 2.91. The highest BCUT2D eigenvalue weighted by atomic mass is 19.4. The first-order valence-corrected chi connectivity index (χ1v) is 7.84. The van der Waals surface area contributed by atoms with E-state index >= 15 is 0 Å². The number of carbonyl (C=O) groups is 2. The average Bonchev–Trinajstić information content (AvgIpc) is 3.17. The third-order valence-corrected chi connectivity index (χ3v) is 3.95. The molecule has 0 aliphatic rings. The highest BCUT2D eigenvalue weighted by Crippen LogP contribution is 2.32. The minimum atomic E-state index is -4.56. The third-order valence-electron chi connectivity index (χ3n) is 3.95. The van der Waals surface area contributed by atoms with Crippen molar-refractivity contribution in [1.82, 2.24) is 20.4 Å². The zero-order valence-corrected chi connectivity index (χ0v) is 14.2. The van der Waals surface area contributed by atoms with Crippen LogP contribution in [0.4, 0.5) is 18.9 Å². The number of nitrogens with two attached hydrogens (primary N) is 1. The van der Waals surface area contributed by atoms with Crippen molar-refractivity contribution in [2.24, 2.45) is 5.73 Å². The summed E-state index contributed by atoms with van der Waals surface area (Å²) in [5.74, 6) is -1.79. The highest BCUT2D eigenvalue weighted by molar-refractivity contribution is 6.13. The number of benzene rings is 1. The number of halogens is 3. The van der Waals surface area contributed by atoms with Gasteiger partial charge in [0.2, 0.25) is 0 Å². The molecule has 8 nitrogen and oxygen atoms in total. The lowest BCUT2D eigenvalue weighted by Gasteiger charge is -2.09. The molecular weight excluding hydrogens is 365 g/mol. The Morgan fingerprint density at radius 3 is 2.41 bits per heavy atom. The number of H-pyrrole nitrogens is 2. The summed E-state index contributed by atoms with van der Waals surface area (Å²) in [6.07, 6.45) is -4.56. The van der Waals surface area contributed by atoms with Crippen molar-refractivity contribution in [1.29, 1.82) is 0 Å². The molecule has 0 spiro atoms. The number of aromatic nitrogens is 4. The Kier molecular flexibility index (Phi) is 4.38. The molecule has 0 bridgehead atoms. The lowest BCUT2D eigenvalue weighted by molar-refractivity contribution is -0.137. The summed E-state index contributed by atoms with van der Waals surface area (Å²) in [5, 5.41) is 15.2. The Morgan fingerprint density at radius 1 is 1.15 bits per heavy atom. The van der Waals surface area contributed by atoms with Crippen LogP contribution in [0.5, 0.6) is 0 Å². The normalized spacial score (nSPS) is 11.9. The Balaban J connectivity index is 2.03. The summed E-state index contributed by atoms with van der Waals surface area (Å²) in [7, 11) is 0. The Hall–Kier alpha value is -3.37. The lowest BCUT2D eigenvalue weighted by Crippen LogP contribution is -2.19. The summed E-state index contributed by atoms with van der Waals surface area (Å²) in [4.78, 5) is 24.2. The van der Waals surface area contributed by atoms with E-state index in [0.717, 1.165) is 12.1 Å². The number of nitrogens with zero attached hydrogens (tertiary/aromatic N) is 2. The van der Waals surface area contributed by atoms with Gasteiger partial charge in [-0.05, 0) is 24.1 Å². The van der Waals surface area contributed by atoms with Crippen LogP contribution in [0.1, 0.15) is 52.0 Å². The fraction of sp³-hybridized carbons (Fsp3) is 0.250. The first kappa shape index (κ1) is 18.4. The smallest absolute Gasteiger partial charge is 0.364 e. The van der Waals surface area contributed by atoms with Gasteiger partial charge in [-0.25, -0.2) is 0 Å². The van der Waals surface area contributed by atoms with Crippen molar-refractivity contribution in [2.75, 3.05) is 5.32 Å². The molecule has 0 radical (unpaired) electrons. The summed E-state index contributed by atoms with van der Waals surface area (Å²) in [5.41, 5.74) is 4.72. The molecule has 0 fully saturated rings. The van der Waals surface area contributed by atoms with E-state index in [1.165, 1.54) is 6.07 Å². The van der Waals surface area contributed by atoms with Gasteiger partial charge >= 0.3 is 6.18 Å². The minimum Gasteiger partial charge on any atom is -0.364 e. The molecular formula is C16H15F3N6O2. The van der Waals surface area contributed by atoms with E-state index in [9.17, 15) is 22.8 Å². The quantitative estimate of drug-likeness (QED) is 0.554. The van der Waals surface area contributed by atoms with Crippen LogP contribution in [0.2, 0.25) is 0 Å². The van der Waals surface area contributed by atoms with Crippen LogP contribution in [0, 0.1) is 0 Å². The lowest BCUT2D eigenvalue weighted by atomic mass is 10.1. The van der Waals surface area contributed by atoms with E-state index in [4.69, 9.17) is 5.73 Å². The molecule has 0 atom stereocenters. The second kappa shape index (κ2) is 6.41. The Morgan fingerprint density at radius 2 is 1.81 bits per heavy atom. The Bertz CT molecular complexity index is 1030. The molecule has 0 aliphatic heterocycles. The van der Waals surface area contributed by atoms with Gasteiger partial charge in [-0.15, -0.1) is 0 Å². The maximum absolute atomic E-state index is 12.9. The summed E-state index contributed by atoms with van der Waals surface area (Å²) < 4.78 is 38.8. The molecule has 0 saturated carbocycles. The Labute approximate surface area is 150 Å². The zero-order chi connectivity index (χ0) is 19.9. The first-order chi connectivity index (χ1) is 12.6. The molecule has 27 heavy (non-hydrogen) atoms. The van der Waals surface area contributed by atoms with Crippen LogP contribution in [-0.4, -0.2) is 32.2 Å². The third kappa shape index (κ3) is 3.35. The van der Waals surface area contributed by atoms with Gasteiger partial charge in [0.1, 0.15) is 0 Å². The molecule has 0 aliphatic carbocycles. The van der Waals surface area contributed by atoms with Crippen LogP contribution in [-0.2, 0) is 6.18 Å². The fourth-order valence-corrected chi connectivity index (χ4v) is 2.61. The number of alkyl halides is 3. The molecule has 11 heteroatoms. The molecule has 5 N–H and O–H groups in total. The molecule has 0 saturated heterocycles. The largest absolute Gasteiger partial charge is 0.416 e. The van der Waals surface area contributed by atoms with Crippen molar-refractivity contribution < 1.29 is 22.8 Å². The minimum absolute atomic E-state index is 0.00228. The molecule has 2 amide bonds. The van der Waals surface area contributed by atoms with Crippen molar-refractivity contribution in [3.8, 4) is 0 Å². The number of fused-ring (bicyclic) bond motifs is 1. The molecule has 3 rings (SSSR count). The van der Waals surface area contributed by atoms with Gasteiger partial charge in [-0.1, -0.05) is 13.8 Å². The van der Waals surface area contributed by atoms with Crippen molar-refractivity contribution >= 4 is 28.4 Å². The van der Waals surface area contributed by atoms with Gasteiger partial charge in [-0.2, -0.15) is 23.4 Å². The number of nitrogens with one attached hydrogen (secondary N) is 3. The standard InChI is InChI=1S/C16H15F3N6O2/c1-6(2)10-12(13(14(20)26)25-23-10)21-15(27)11-8-5-7(16(17,18)19)3-4-9(8)22-24-11/h3-6H,1-2H3,(H2,20,26)(H,21,27)(H,22,24)(H,23,25). The summed E-state index contributed by atoms with van der Waals surface area (Å²) >= 11 is 0. The van der Waals surface area contributed by atoms with Crippen molar-refractivity contribution in [3.05, 3.63) is 40.8 Å². The first-order valence-electron chi connectivity index (χ1n) is 7.84. The zero-order valence-electron chi connectivity index (χ0n) is 14.2. The second-order valence-corrected chi connectivity index (χ2v) is 6.16. The van der Waals surface area contributed by atoms with E-state index in [-0.39, 0.29) is 33.9 Å². The molecule has 0 unspecified atom stereocenters. The maximum atomic E-state index is 12.9. The number of rotatable bonds is 4. The topological polar surface area (TPSA) is 130 Å². The van der Waals surface area contributed by atoms with E-state index in [1.807, 2.05) is 0 Å². The van der Waals surface area contributed by atoms with Crippen molar-refractivity contribution in [2.45, 2.75) is 25.9 Å². The van der Waals surface area contributed by atoms with E-state index in [1.54, 1.807) is 13.8 Å². The fourth-order valence-electron chi connectivity index (χ4n) is 2.61. The number of hydrogen-bond donors (Lipinski definition) is 4. The van der Waals surface area contributed by atoms with E-state index in [2.05, 4.69) is 25.7 Å². The van der Waals surface area contributed by atoms with Crippen LogP contribution in [0.3, 0.4) is 0 Å². The second-order valence-electron chi connectivity index (χ2n) is 6.16. The number of hydrogen-bond acceptors (Lipinski definition) is 4. The predicted molar refractivity (Wildman–Crippen MR) is 90.2 cm³/mol. The molecule has 142 valence electrons. The average molecular weight is 380 g/mol. The molecule has 1 aromatic carbocycles. The number of anilines is 1. The maximum Gasteiger partial charge on any atom is 0.416 e. The SMILES string of the molecule is CC(C)c1[nH]nc(C(N)=O)c1NC(=O)c1n[nH]c2ccc(C(F)(F)F)cc12. The molecule has 2 heterocycles. The van der Waals surface area contributed by atoms with E-state index in [0.29, 0.717) is 5.69 Å². The van der Waals surface area contributed by atoms with Gasteiger partial charge in [0.15, 0.2) is 11.4 Å². The van der Waals surface area contributed by atoms with Crippen molar-refractivity contribution in [3.63, 3.8) is 0 Å². The van der Waals surface area contributed by atoms with Crippen LogP contribution in [0.25, 0.3) is 10.9 Å². The molecule has 2 aromatic heterocycles. The van der Waals surface area contributed by atoms with Gasteiger partial charge < -0.3 is 11.1 Å². The number of aromatic amines is 2. The van der Waals surface area contributed by atoms with Gasteiger partial charge in [0.25, 0.3) is 11.8 Å². The van der Waals surface area contributed by atoms with Crippen LogP contribution in [0.15, 0.2) is 18.2 Å². The van der Waals surface area contributed by atoms with Gasteiger partial charge in [-0.3, -0.25) is 19.8 Å². The molecule has 3 aromatic rings. The van der Waals surface area contributed by atoms with Crippen LogP contribution < -0.4 is 11.1 Å². The van der Waals surface area contributed by atoms with Gasteiger partial charge in [0.05, 0.1) is 22.5 Å². The van der Waals surface area contributed by atoms with Gasteiger partial charge in [0, 0.05) is 5.39 Å². The number of amides is 2. The summed E-state index contributed by atoms with van der Waals surface area (Å²) in [6.45, 7) is 3.60. The monoisotopic (exact) mass is 380 g/mol. The number of primary amides is 1. The highest BCUT2D eigenvalue weighted by Gasteiger charge is 2.31. The predicted octanol–water partition coefficient (Wildman–Crippen LogP) is 2.78.